The lowest BCUT2D eigenvalue weighted by molar-refractivity contribution is 0.0263. The van der Waals surface area contributed by atoms with E-state index in [4.69, 9.17) is 9.84 Å². The minimum Gasteiger partial charge on any atom is -0.478 e. The molecule has 0 bridgehead atoms. The fourth-order valence-corrected chi connectivity index (χ4v) is 2.38. The van der Waals surface area contributed by atoms with Gasteiger partial charge in [-0.1, -0.05) is 0 Å². The zero-order valence-corrected chi connectivity index (χ0v) is 13.8. The molecule has 1 saturated heterocycles. The van der Waals surface area contributed by atoms with E-state index in [-0.39, 0.29) is 11.7 Å². The Kier molecular flexibility index (Phi) is 5.08. The molecular formula is C16H23N3O4. The Bertz CT molecular complexity index is 583. The van der Waals surface area contributed by atoms with Gasteiger partial charge in [0.2, 0.25) is 0 Å². The summed E-state index contributed by atoms with van der Waals surface area (Å²) in [5, 5.41) is 9.07. The van der Waals surface area contributed by atoms with Crippen molar-refractivity contribution in [3.8, 4) is 0 Å². The molecule has 2 heterocycles. The van der Waals surface area contributed by atoms with Crippen LogP contribution in [-0.2, 0) is 4.74 Å². The Morgan fingerprint density at radius 1 is 1.22 bits per heavy atom. The topological polar surface area (TPSA) is 83.0 Å². The van der Waals surface area contributed by atoms with Crippen LogP contribution in [0.4, 0.5) is 10.6 Å². The van der Waals surface area contributed by atoms with E-state index < -0.39 is 11.6 Å². The molecule has 0 aromatic carbocycles. The van der Waals surface area contributed by atoms with E-state index >= 15 is 0 Å². The third-order valence-corrected chi connectivity index (χ3v) is 3.46. The summed E-state index contributed by atoms with van der Waals surface area (Å²) in [7, 11) is 0. The number of carboxylic acids is 1. The molecule has 0 aliphatic carbocycles. The molecule has 0 radical (unpaired) electrons. The number of aromatic nitrogens is 1. The van der Waals surface area contributed by atoms with E-state index in [1.165, 1.54) is 12.3 Å². The average molecular weight is 321 g/mol. The third kappa shape index (κ3) is 4.84. The molecule has 0 atom stereocenters. The zero-order chi connectivity index (χ0) is 17.0. The number of amides is 1. The van der Waals surface area contributed by atoms with Crippen LogP contribution < -0.4 is 4.90 Å². The summed E-state index contributed by atoms with van der Waals surface area (Å²) < 4.78 is 5.40. The minimum atomic E-state index is -0.973. The van der Waals surface area contributed by atoms with Crippen LogP contribution in [0.3, 0.4) is 0 Å². The Morgan fingerprint density at radius 3 is 2.61 bits per heavy atom. The van der Waals surface area contributed by atoms with Crippen LogP contribution in [0.2, 0.25) is 0 Å². The summed E-state index contributed by atoms with van der Waals surface area (Å²) in [4.78, 5) is 31.1. The van der Waals surface area contributed by atoms with Crippen LogP contribution in [-0.4, -0.2) is 58.8 Å². The smallest absolute Gasteiger partial charge is 0.410 e. The summed E-state index contributed by atoms with van der Waals surface area (Å²) in [5.41, 5.74) is -0.302. The first kappa shape index (κ1) is 17.1. The van der Waals surface area contributed by atoms with Crippen molar-refractivity contribution in [2.45, 2.75) is 32.8 Å². The number of hydrogen-bond acceptors (Lipinski definition) is 5. The molecule has 126 valence electrons. The second-order valence-electron chi connectivity index (χ2n) is 6.52. The zero-order valence-electron chi connectivity index (χ0n) is 13.8. The molecule has 1 aliphatic heterocycles. The van der Waals surface area contributed by atoms with E-state index in [0.29, 0.717) is 25.5 Å². The van der Waals surface area contributed by atoms with Gasteiger partial charge in [0.25, 0.3) is 0 Å². The molecule has 1 amide bonds. The predicted molar refractivity (Wildman–Crippen MR) is 85.8 cm³/mol. The highest BCUT2D eigenvalue weighted by Gasteiger charge is 2.25. The molecule has 1 fully saturated rings. The first-order chi connectivity index (χ1) is 10.8. The van der Waals surface area contributed by atoms with Gasteiger partial charge < -0.3 is 19.6 Å². The number of carbonyl (C=O) groups excluding carboxylic acids is 1. The molecule has 0 saturated carbocycles. The summed E-state index contributed by atoms with van der Waals surface area (Å²) in [5.74, 6) is -0.352. The molecule has 1 aliphatic rings. The van der Waals surface area contributed by atoms with Gasteiger partial charge >= 0.3 is 12.1 Å². The highest BCUT2D eigenvalue weighted by Crippen LogP contribution is 2.17. The van der Waals surface area contributed by atoms with Gasteiger partial charge in [-0.05, 0) is 39.3 Å². The van der Waals surface area contributed by atoms with Crippen molar-refractivity contribution in [3.05, 3.63) is 23.9 Å². The van der Waals surface area contributed by atoms with Gasteiger partial charge in [-0.3, -0.25) is 0 Å². The molecule has 7 heteroatoms. The lowest BCUT2D eigenvalue weighted by atomic mass is 10.2. The van der Waals surface area contributed by atoms with E-state index in [1.54, 1.807) is 11.0 Å². The van der Waals surface area contributed by atoms with Gasteiger partial charge in [-0.2, -0.15) is 0 Å². The standard InChI is InChI=1S/C16H23N3O4/c1-16(2,3)23-15(22)19-8-4-7-18(9-10-19)13-11-12(14(20)21)5-6-17-13/h5-6,11H,4,7-10H2,1-3H3,(H,20,21). The van der Waals surface area contributed by atoms with Crippen LogP contribution in [0, 0.1) is 0 Å². The van der Waals surface area contributed by atoms with E-state index in [1.807, 2.05) is 25.7 Å². The molecule has 23 heavy (non-hydrogen) atoms. The number of aromatic carboxylic acids is 1. The van der Waals surface area contributed by atoms with Crippen molar-refractivity contribution in [2.75, 3.05) is 31.1 Å². The summed E-state index contributed by atoms with van der Waals surface area (Å²) in [6.07, 6.45) is 1.96. The average Bonchev–Trinajstić information content (AvgIpc) is 2.71. The van der Waals surface area contributed by atoms with Gasteiger partial charge in [0, 0.05) is 32.4 Å². The molecular weight excluding hydrogens is 298 g/mol. The van der Waals surface area contributed by atoms with Crippen LogP contribution in [0.15, 0.2) is 18.3 Å². The Morgan fingerprint density at radius 2 is 1.96 bits per heavy atom. The normalized spacial score (nSPS) is 16.0. The molecule has 7 nitrogen and oxygen atoms in total. The Hall–Kier alpha value is -2.31. The number of carboxylic acid groups (broad SMARTS) is 1. The monoisotopic (exact) mass is 321 g/mol. The maximum Gasteiger partial charge on any atom is 0.410 e. The first-order valence-electron chi connectivity index (χ1n) is 7.68. The second-order valence-corrected chi connectivity index (χ2v) is 6.52. The van der Waals surface area contributed by atoms with Crippen molar-refractivity contribution in [1.82, 2.24) is 9.88 Å². The van der Waals surface area contributed by atoms with Crippen molar-refractivity contribution >= 4 is 17.9 Å². The van der Waals surface area contributed by atoms with Crippen molar-refractivity contribution < 1.29 is 19.4 Å². The van der Waals surface area contributed by atoms with Crippen molar-refractivity contribution in [2.24, 2.45) is 0 Å². The highest BCUT2D eigenvalue weighted by molar-refractivity contribution is 5.88. The SMILES string of the molecule is CC(C)(C)OC(=O)N1CCCN(c2cc(C(=O)O)ccn2)CC1. The van der Waals surface area contributed by atoms with E-state index in [9.17, 15) is 9.59 Å². The number of nitrogens with zero attached hydrogens (tertiary/aromatic N) is 3. The number of hydrogen-bond donors (Lipinski definition) is 1. The second kappa shape index (κ2) is 6.85. The van der Waals surface area contributed by atoms with Crippen LogP contribution >= 0.6 is 0 Å². The number of rotatable bonds is 2. The molecule has 0 unspecified atom stereocenters. The van der Waals surface area contributed by atoms with Crippen molar-refractivity contribution in [3.63, 3.8) is 0 Å². The molecule has 1 aromatic rings. The number of anilines is 1. The number of ether oxygens (including phenoxy) is 1. The maximum atomic E-state index is 12.1. The van der Waals surface area contributed by atoms with Gasteiger partial charge in [0.15, 0.2) is 0 Å². The number of pyridine rings is 1. The molecule has 1 aromatic heterocycles. The van der Waals surface area contributed by atoms with E-state index in [0.717, 1.165) is 13.0 Å². The first-order valence-corrected chi connectivity index (χ1v) is 7.68. The van der Waals surface area contributed by atoms with Gasteiger partial charge in [0.05, 0.1) is 5.56 Å². The van der Waals surface area contributed by atoms with Crippen LogP contribution in [0.25, 0.3) is 0 Å². The third-order valence-electron chi connectivity index (χ3n) is 3.46. The van der Waals surface area contributed by atoms with Crippen molar-refractivity contribution in [1.29, 1.82) is 0 Å². The molecule has 1 N–H and O–H groups in total. The van der Waals surface area contributed by atoms with Gasteiger partial charge in [-0.15, -0.1) is 0 Å². The quantitative estimate of drug-likeness (QED) is 0.899. The predicted octanol–water partition coefficient (Wildman–Crippen LogP) is 2.23. The Balaban J connectivity index is 2.02. The lowest BCUT2D eigenvalue weighted by Crippen LogP contribution is -2.39. The highest BCUT2D eigenvalue weighted by atomic mass is 16.6. The fourth-order valence-electron chi connectivity index (χ4n) is 2.38. The largest absolute Gasteiger partial charge is 0.478 e. The Labute approximate surface area is 135 Å². The maximum absolute atomic E-state index is 12.1. The molecule has 0 spiro atoms. The van der Waals surface area contributed by atoms with Gasteiger partial charge in [0.1, 0.15) is 11.4 Å². The lowest BCUT2D eigenvalue weighted by Gasteiger charge is -2.26. The summed E-state index contributed by atoms with van der Waals surface area (Å²) >= 11 is 0. The minimum absolute atomic E-state index is 0.211. The van der Waals surface area contributed by atoms with Gasteiger partial charge in [-0.25, -0.2) is 14.6 Å². The van der Waals surface area contributed by atoms with Crippen LogP contribution in [0.1, 0.15) is 37.6 Å². The summed E-state index contributed by atoms with van der Waals surface area (Å²) in [6.45, 7) is 7.98. The fraction of sp³-hybridized carbons (Fsp3) is 0.562. The van der Waals surface area contributed by atoms with E-state index in [2.05, 4.69) is 4.98 Å². The van der Waals surface area contributed by atoms with Crippen LogP contribution in [0.5, 0.6) is 0 Å². The summed E-state index contributed by atoms with van der Waals surface area (Å²) in [6, 6.07) is 3.03. The number of carbonyl (C=O) groups is 2. The molecule has 2 rings (SSSR count).